The maximum atomic E-state index is 12.3. The molecule has 1 unspecified atom stereocenters. The van der Waals surface area contributed by atoms with Crippen LogP contribution in [0.25, 0.3) is 0 Å². The predicted octanol–water partition coefficient (Wildman–Crippen LogP) is 2.72. The van der Waals surface area contributed by atoms with Gasteiger partial charge < -0.3 is 9.84 Å². The van der Waals surface area contributed by atoms with Crippen LogP contribution in [-0.4, -0.2) is 63.2 Å². The summed E-state index contributed by atoms with van der Waals surface area (Å²) >= 11 is 0. The summed E-state index contributed by atoms with van der Waals surface area (Å²) in [5, 5.41) is 10.5. The third-order valence-electron chi connectivity index (χ3n) is 4.80. The Bertz CT molecular complexity index is 687. The highest BCUT2D eigenvalue weighted by molar-refractivity contribution is 5.83. The van der Waals surface area contributed by atoms with E-state index in [9.17, 15) is 9.90 Å². The minimum Gasteiger partial charge on any atom is -0.406 e. The number of ether oxygens (including phenoxy) is 1. The van der Waals surface area contributed by atoms with Crippen molar-refractivity contribution < 1.29 is 19.2 Å². The highest BCUT2D eigenvalue weighted by Crippen LogP contribution is 2.39. The van der Waals surface area contributed by atoms with Gasteiger partial charge in [-0.3, -0.25) is 9.88 Å². The number of carbonyl (C=O) groups is 1. The fourth-order valence-electron chi connectivity index (χ4n) is 3.25. The van der Waals surface area contributed by atoms with Crippen LogP contribution in [0.3, 0.4) is 0 Å². The maximum Gasteiger partial charge on any atom is 0.596 e. The number of nitrogens with zero attached hydrogens (tertiary/aromatic N) is 3. The summed E-state index contributed by atoms with van der Waals surface area (Å²) in [6.45, 7) is 9.96. The van der Waals surface area contributed by atoms with Gasteiger partial charge >= 0.3 is 6.09 Å². The lowest BCUT2D eigenvalue weighted by molar-refractivity contribution is -0.458. The summed E-state index contributed by atoms with van der Waals surface area (Å²) in [5.74, 6) is 0.673. The van der Waals surface area contributed by atoms with Crippen LogP contribution >= 0.6 is 0 Å². The summed E-state index contributed by atoms with van der Waals surface area (Å²) in [7, 11) is 0. The number of aromatic nitrogens is 1. The minimum absolute atomic E-state index is 0.299. The molecule has 1 aliphatic carbocycles. The maximum absolute atomic E-state index is 12.3. The zero-order valence-electron chi connectivity index (χ0n) is 16.2. The molecule has 2 heterocycles. The van der Waals surface area contributed by atoms with E-state index in [1.807, 2.05) is 40.0 Å². The van der Waals surface area contributed by atoms with Crippen LogP contribution < -0.4 is 0 Å². The van der Waals surface area contributed by atoms with Gasteiger partial charge in [0.05, 0.1) is 18.8 Å². The van der Waals surface area contributed by atoms with Gasteiger partial charge in [0.15, 0.2) is 12.3 Å². The molecule has 3 rings (SSSR count). The molecule has 142 valence electrons. The van der Waals surface area contributed by atoms with Gasteiger partial charge in [-0.25, -0.2) is 0 Å². The molecule has 0 bridgehead atoms. The van der Waals surface area contributed by atoms with Gasteiger partial charge in [0, 0.05) is 19.7 Å². The van der Waals surface area contributed by atoms with E-state index in [0.717, 1.165) is 5.71 Å². The molecule has 6 nitrogen and oxygen atoms in total. The molecule has 0 spiro atoms. The lowest BCUT2D eigenvalue weighted by atomic mass is 10.1. The molecule has 0 aromatic carbocycles. The fourth-order valence-corrected chi connectivity index (χ4v) is 3.25. The molecule has 26 heavy (non-hydrogen) atoms. The molecule has 1 aliphatic heterocycles. The molecule has 1 atom stereocenters. The lowest BCUT2D eigenvalue weighted by Crippen LogP contribution is -2.48. The SMILES string of the molecule is CC1=[N+](C(=O)OC(C)(C)C)CCN(CC(O)c2ccc(C3CC3)cn2)C1. The number of aliphatic hydroxyl groups excluding tert-OH is 1. The smallest absolute Gasteiger partial charge is 0.406 e. The number of aliphatic hydroxyl groups is 1. The Morgan fingerprint density at radius 1 is 1.42 bits per heavy atom. The van der Waals surface area contributed by atoms with Crippen molar-refractivity contribution in [2.45, 2.75) is 58.2 Å². The van der Waals surface area contributed by atoms with E-state index in [2.05, 4.69) is 16.0 Å². The number of hydrogen-bond acceptors (Lipinski definition) is 5. The van der Waals surface area contributed by atoms with Crippen molar-refractivity contribution in [1.29, 1.82) is 0 Å². The minimum atomic E-state index is -0.621. The van der Waals surface area contributed by atoms with Crippen LogP contribution in [0.1, 0.15) is 63.8 Å². The Morgan fingerprint density at radius 3 is 2.69 bits per heavy atom. The molecule has 0 radical (unpaired) electrons. The predicted molar refractivity (Wildman–Crippen MR) is 99.7 cm³/mol. The molecular formula is C20H30N3O3+. The molecule has 1 aromatic heterocycles. The van der Waals surface area contributed by atoms with E-state index in [4.69, 9.17) is 4.74 Å². The van der Waals surface area contributed by atoms with Crippen molar-refractivity contribution in [1.82, 2.24) is 9.88 Å². The highest BCUT2D eigenvalue weighted by Gasteiger charge is 2.33. The van der Waals surface area contributed by atoms with Gasteiger partial charge in [-0.2, -0.15) is 4.79 Å². The van der Waals surface area contributed by atoms with E-state index in [0.29, 0.717) is 37.8 Å². The van der Waals surface area contributed by atoms with E-state index in [1.54, 1.807) is 4.58 Å². The first-order valence-electron chi connectivity index (χ1n) is 9.42. The highest BCUT2D eigenvalue weighted by atomic mass is 16.6. The molecule has 1 N–H and O–H groups in total. The largest absolute Gasteiger partial charge is 0.596 e. The van der Waals surface area contributed by atoms with E-state index in [-0.39, 0.29) is 6.09 Å². The normalized spacial score (nSPS) is 20.2. The summed E-state index contributed by atoms with van der Waals surface area (Å²) < 4.78 is 7.15. The Morgan fingerprint density at radius 2 is 2.15 bits per heavy atom. The average molecular weight is 360 g/mol. The topological polar surface area (TPSA) is 65.7 Å². The number of β-amino-alcohol motifs (C(OH)–C–C–N with tert-alkyl or cyclic N) is 1. The molecular weight excluding hydrogens is 330 g/mol. The van der Waals surface area contributed by atoms with Gasteiger partial charge in [0.1, 0.15) is 11.7 Å². The number of carbonyl (C=O) groups excluding carboxylic acids is 1. The van der Waals surface area contributed by atoms with Gasteiger partial charge in [0.25, 0.3) is 0 Å². The van der Waals surface area contributed by atoms with Crippen LogP contribution in [0, 0.1) is 0 Å². The first kappa shape index (κ1) is 19.0. The van der Waals surface area contributed by atoms with Gasteiger partial charge in [-0.15, -0.1) is 4.58 Å². The van der Waals surface area contributed by atoms with Crippen molar-refractivity contribution in [3.8, 4) is 0 Å². The molecule has 1 amide bonds. The van der Waals surface area contributed by atoms with Crippen LogP contribution in [0.5, 0.6) is 0 Å². The molecule has 1 fully saturated rings. The summed E-state index contributed by atoms with van der Waals surface area (Å²) in [4.78, 5) is 18.9. The second kappa shape index (κ2) is 7.45. The standard InChI is InChI=1S/C20H30N3O3/c1-14-12-22(9-10-23(14)19(25)26-20(2,3)4)13-18(24)17-8-7-16(11-21-17)15-5-6-15/h7-8,11,15,18,24H,5-6,9-10,12-13H2,1-4H3/q+1. The van der Waals surface area contributed by atoms with Crippen LogP contribution in [0.15, 0.2) is 18.3 Å². The van der Waals surface area contributed by atoms with E-state index < -0.39 is 11.7 Å². The molecule has 1 saturated carbocycles. The summed E-state index contributed by atoms with van der Waals surface area (Å²) in [6.07, 6.45) is 3.48. The number of pyridine rings is 1. The molecule has 0 saturated heterocycles. The number of rotatable bonds is 4. The Hall–Kier alpha value is -1.79. The number of hydrogen-bond donors (Lipinski definition) is 1. The van der Waals surface area contributed by atoms with Crippen molar-refractivity contribution in [3.63, 3.8) is 0 Å². The molecule has 1 aromatic rings. The van der Waals surface area contributed by atoms with Crippen molar-refractivity contribution in [2.24, 2.45) is 0 Å². The zero-order valence-corrected chi connectivity index (χ0v) is 16.2. The zero-order chi connectivity index (χ0) is 18.9. The first-order chi connectivity index (χ1) is 12.2. The Balaban J connectivity index is 1.57. The Kier molecular flexibility index (Phi) is 5.44. The monoisotopic (exact) mass is 360 g/mol. The summed E-state index contributed by atoms with van der Waals surface area (Å²) in [6, 6.07) is 4.02. The van der Waals surface area contributed by atoms with Gasteiger partial charge in [-0.05, 0) is 51.2 Å². The van der Waals surface area contributed by atoms with Crippen molar-refractivity contribution in [3.05, 3.63) is 29.6 Å². The third-order valence-corrected chi connectivity index (χ3v) is 4.80. The van der Waals surface area contributed by atoms with E-state index >= 15 is 0 Å². The van der Waals surface area contributed by atoms with Gasteiger partial charge in [-0.1, -0.05) is 6.07 Å². The van der Waals surface area contributed by atoms with Crippen LogP contribution in [0.4, 0.5) is 4.79 Å². The van der Waals surface area contributed by atoms with Crippen molar-refractivity contribution >= 4 is 11.8 Å². The molecule has 6 heteroatoms. The number of amides is 1. The second-order valence-electron chi connectivity index (χ2n) is 8.41. The van der Waals surface area contributed by atoms with Crippen LogP contribution in [0.2, 0.25) is 0 Å². The lowest BCUT2D eigenvalue weighted by Gasteiger charge is -2.27. The first-order valence-corrected chi connectivity index (χ1v) is 9.42. The van der Waals surface area contributed by atoms with E-state index in [1.165, 1.54) is 18.4 Å². The summed E-state index contributed by atoms with van der Waals surface area (Å²) in [5.41, 5.74) is 2.43. The third kappa shape index (κ3) is 4.89. The fraction of sp³-hybridized carbons (Fsp3) is 0.650. The quantitative estimate of drug-likeness (QED) is 0.837. The van der Waals surface area contributed by atoms with Crippen LogP contribution in [-0.2, 0) is 4.74 Å². The van der Waals surface area contributed by atoms with Crippen molar-refractivity contribution in [2.75, 3.05) is 26.2 Å². The second-order valence-corrected chi connectivity index (χ2v) is 8.41. The Labute approximate surface area is 155 Å². The average Bonchev–Trinajstić information content (AvgIpc) is 3.38. The molecule has 2 aliphatic rings. The van der Waals surface area contributed by atoms with Gasteiger partial charge in [0.2, 0.25) is 0 Å².